The molecule has 1 aromatic rings. The third-order valence-corrected chi connectivity index (χ3v) is 3.72. The van der Waals surface area contributed by atoms with E-state index in [9.17, 15) is 4.39 Å². The number of hydrogen-bond acceptors (Lipinski definition) is 4. The first-order valence-electron chi connectivity index (χ1n) is 5.90. The van der Waals surface area contributed by atoms with E-state index < -0.39 is 5.82 Å². The topological polar surface area (TPSA) is 48.2 Å². The summed E-state index contributed by atoms with van der Waals surface area (Å²) in [5.41, 5.74) is 0.754. The number of nitriles is 1. The molecule has 1 unspecified atom stereocenters. The van der Waals surface area contributed by atoms with Crippen LogP contribution in [0.15, 0.2) is 23.2 Å². The first kappa shape index (κ1) is 12.9. The maximum absolute atomic E-state index is 13.2. The van der Waals surface area contributed by atoms with Gasteiger partial charge in [-0.2, -0.15) is 5.26 Å². The van der Waals surface area contributed by atoms with E-state index >= 15 is 0 Å². The van der Waals surface area contributed by atoms with Crippen molar-refractivity contribution in [3.63, 3.8) is 0 Å². The molecule has 0 saturated carbocycles. The number of nitrogens with one attached hydrogen (secondary N) is 1. The second-order valence-corrected chi connectivity index (χ2v) is 5.15. The Labute approximate surface area is 110 Å². The van der Waals surface area contributed by atoms with E-state index in [2.05, 4.69) is 17.2 Å². The minimum absolute atomic E-state index is 0.0495. The fourth-order valence-electron chi connectivity index (χ4n) is 1.74. The van der Waals surface area contributed by atoms with Crippen molar-refractivity contribution in [1.82, 2.24) is 0 Å². The highest BCUT2D eigenvalue weighted by Crippen LogP contribution is 2.22. The van der Waals surface area contributed by atoms with Gasteiger partial charge in [0, 0.05) is 11.4 Å². The van der Waals surface area contributed by atoms with Crippen LogP contribution in [0.3, 0.4) is 0 Å². The molecule has 1 atom stereocenters. The highest BCUT2D eigenvalue weighted by atomic mass is 32.2. The number of amidine groups is 1. The standard InChI is InChI=1S/C13H14FN3S/c1-2-10-5-6-18-13(16-10)17-11-3-4-12(14)9(7-11)8-15/h3-4,7,10H,2,5-6H2,1H3,(H,16,17). The third-order valence-electron chi connectivity index (χ3n) is 2.80. The average molecular weight is 263 g/mol. The van der Waals surface area contributed by atoms with E-state index in [0.717, 1.165) is 23.8 Å². The molecular weight excluding hydrogens is 249 g/mol. The molecule has 94 valence electrons. The van der Waals surface area contributed by atoms with Crippen LogP contribution in [-0.2, 0) is 0 Å². The van der Waals surface area contributed by atoms with Crippen LogP contribution < -0.4 is 5.32 Å². The number of halogens is 1. The van der Waals surface area contributed by atoms with Gasteiger partial charge in [-0.15, -0.1) is 0 Å². The van der Waals surface area contributed by atoms with E-state index in [4.69, 9.17) is 5.26 Å². The molecule has 0 radical (unpaired) electrons. The van der Waals surface area contributed by atoms with Crippen LogP contribution in [0.5, 0.6) is 0 Å². The van der Waals surface area contributed by atoms with Gasteiger partial charge in [-0.05, 0) is 31.0 Å². The van der Waals surface area contributed by atoms with Gasteiger partial charge in [-0.1, -0.05) is 18.7 Å². The molecule has 1 aliphatic heterocycles. The average Bonchev–Trinajstić information content (AvgIpc) is 2.41. The minimum atomic E-state index is -0.493. The summed E-state index contributed by atoms with van der Waals surface area (Å²) >= 11 is 1.66. The van der Waals surface area contributed by atoms with Gasteiger partial charge in [0.25, 0.3) is 0 Å². The zero-order valence-corrected chi connectivity index (χ0v) is 10.9. The largest absolute Gasteiger partial charge is 0.335 e. The zero-order valence-electron chi connectivity index (χ0n) is 10.1. The molecule has 5 heteroatoms. The third kappa shape index (κ3) is 3.02. The second kappa shape index (κ2) is 5.87. The Kier molecular flexibility index (Phi) is 4.21. The van der Waals surface area contributed by atoms with Crippen LogP contribution in [-0.4, -0.2) is 17.0 Å². The van der Waals surface area contributed by atoms with Crippen LogP contribution in [0.4, 0.5) is 10.1 Å². The van der Waals surface area contributed by atoms with E-state index in [1.54, 1.807) is 17.8 Å². The Morgan fingerprint density at radius 2 is 2.44 bits per heavy atom. The first-order valence-corrected chi connectivity index (χ1v) is 6.88. The molecule has 0 amide bonds. The lowest BCUT2D eigenvalue weighted by Gasteiger charge is -2.19. The smallest absolute Gasteiger partial charge is 0.161 e. The van der Waals surface area contributed by atoms with Gasteiger partial charge in [0.1, 0.15) is 11.9 Å². The van der Waals surface area contributed by atoms with Gasteiger partial charge in [0.15, 0.2) is 5.17 Å². The fraction of sp³-hybridized carbons (Fsp3) is 0.385. The molecule has 1 N–H and O–H groups in total. The Morgan fingerprint density at radius 3 is 3.17 bits per heavy atom. The van der Waals surface area contributed by atoms with Crippen molar-refractivity contribution < 1.29 is 4.39 Å². The number of hydrogen-bond donors (Lipinski definition) is 1. The van der Waals surface area contributed by atoms with Crippen molar-refractivity contribution in [3.8, 4) is 6.07 Å². The fourth-order valence-corrected chi connectivity index (χ4v) is 2.73. The highest BCUT2D eigenvalue weighted by Gasteiger charge is 2.14. The molecule has 0 aromatic heterocycles. The monoisotopic (exact) mass is 263 g/mol. The maximum atomic E-state index is 13.2. The van der Waals surface area contributed by atoms with Gasteiger partial charge in [0.05, 0.1) is 11.6 Å². The Balaban J connectivity index is 2.14. The summed E-state index contributed by atoms with van der Waals surface area (Å²) in [5.74, 6) is 0.545. The number of anilines is 1. The Hall–Kier alpha value is -1.54. The molecule has 0 fully saturated rings. The lowest BCUT2D eigenvalue weighted by molar-refractivity contribution is 0.624. The molecule has 0 bridgehead atoms. The Morgan fingerprint density at radius 1 is 1.61 bits per heavy atom. The van der Waals surface area contributed by atoms with E-state index in [1.807, 2.05) is 6.07 Å². The summed E-state index contributed by atoms with van der Waals surface area (Å²) < 4.78 is 13.2. The van der Waals surface area contributed by atoms with Gasteiger partial charge >= 0.3 is 0 Å². The molecule has 0 saturated heterocycles. The summed E-state index contributed by atoms with van der Waals surface area (Å²) in [5, 5.41) is 12.8. The van der Waals surface area contributed by atoms with Crippen molar-refractivity contribution in [3.05, 3.63) is 29.6 Å². The summed E-state index contributed by atoms with van der Waals surface area (Å²) in [4.78, 5) is 4.57. The van der Waals surface area contributed by atoms with Crippen molar-refractivity contribution in [2.75, 3.05) is 11.1 Å². The Bertz CT molecular complexity index is 507. The lowest BCUT2D eigenvalue weighted by atomic mass is 10.2. The predicted molar refractivity (Wildman–Crippen MR) is 73.3 cm³/mol. The molecule has 1 heterocycles. The van der Waals surface area contributed by atoms with Gasteiger partial charge < -0.3 is 5.32 Å². The van der Waals surface area contributed by atoms with Crippen LogP contribution in [0.2, 0.25) is 0 Å². The summed E-state index contributed by atoms with van der Waals surface area (Å²) in [7, 11) is 0. The lowest BCUT2D eigenvalue weighted by Crippen LogP contribution is -2.19. The second-order valence-electron chi connectivity index (χ2n) is 4.06. The normalized spacial score (nSPS) is 18.9. The van der Waals surface area contributed by atoms with Crippen LogP contribution in [0.1, 0.15) is 25.3 Å². The summed E-state index contributed by atoms with van der Waals surface area (Å²) in [6, 6.07) is 6.62. The summed E-state index contributed by atoms with van der Waals surface area (Å²) in [6.07, 6.45) is 2.12. The quantitative estimate of drug-likeness (QED) is 0.889. The highest BCUT2D eigenvalue weighted by molar-refractivity contribution is 8.14. The number of thioether (sulfide) groups is 1. The molecule has 3 nitrogen and oxygen atoms in total. The van der Waals surface area contributed by atoms with Gasteiger partial charge in [-0.3, -0.25) is 4.99 Å². The maximum Gasteiger partial charge on any atom is 0.161 e. The number of rotatable bonds is 2. The minimum Gasteiger partial charge on any atom is -0.335 e. The van der Waals surface area contributed by atoms with Gasteiger partial charge in [-0.25, -0.2) is 4.39 Å². The summed E-state index contributed by atoms with van der Waals surface area (Å²) in [6.45, 7) is 2.12. The molecule has 1 aromatic carbocycles. The van der Waals surface area contributed by atoms with Gasteiger partial charge in [0.2, 0.25) is 0 Å². The number of nitrogens with zero attached hydrogens (tertiary/aromatic N) is 2. The van der Waals surface area contributed by atoms with Crippen LogP contribution >= 0.6 is 11.8 Å². The zero-order chi connectivity index (χ0) is 13.0. The molecule has 0 aliphatic carbocycles. The molecule has 1 aliphatic rings. The molecule has 2 rings (SSSR count). The van der Waals surface area contributed by atoms with E-state index in [-0.39, 0.29) is 5.56 Å². The van der Waals surface area contributed by atoms with Crippen molar-refractivity contribution in [1.29, 1.82) is 5.26 Å². The SMILES string of the molecule is CCC1CCSC(Nc2ccc(F)c(C#N)c2)=N1. The van der Waals surface area contributed by atoms with E-state index in [0.29, 0.717) is 11.7 Å². The van der Waals surface area contributed by atoms with Crippen LogP contribution in [0, 0.1) is 17.1 Å². The predicted octanol–water partition coefficient (Wildman–Crippen LogP) is 3.38. The van der Waals surface area contributed by atoms with E-state index in [1.165, 1.54) is 12.1 Å². The molecule has 18 heavy (non-hydrogen) atoms. The number of aliphatic imine (C=N–C) groups is 1. The molecule has 0 spiro atoms. The van der Waals surface area contributed by atoms with Crippen LogP contribution in [0.25, 0.3) is 0 Å². The molecular formula is C13H14FN3S. The first-order chi connectivity index (χ1) is 8.72. The number of benzene rings is 1. The van der Waals surface area contributed by atoms with Crippen molar-refractivity contribution in [2.45, 2.75) is 25.8 Å². The van der Waals surface area contributed by atoms with Crippen molar-refractivity contribution >= 4 is 22.6 Å². The van der Waals surface area contributed by atoms with Crippen molar-refractivity contribution in [2.24, 2.45) is 4.99 Å².